The maximum Gasteiger partial charge on any atom is 0.227 e. The molecule has 1 aliphatic rings. The van der Waals surface area contributed by atoms with Gasteiger partial charge in [-0.25, -0.2) is 4.98 Å². The molecule has 3 aromatic carbocycles. The maximum atomic E-state index is 12.8. The van der Waals surface area contributed by atoms with Crippen molar-refractivity contribution in [3.05, 3.63) is 95.3 Å². The second-order valence-electron chi connectivity index (χ2n) is 7.42. The van der Waals surface area contributed by atoms with Crippen LogP contribution in [-0.4, -0.2) is 22.0 Å². The number of amides is 1. The molecular weight excluding hydrogens is 382 g/mol. The fourth-order valence-corrected chi connectivity index (χ4v) is 4.30. The predicted octanol–water partition coefficient (Wildman–Crippen LogP) is 5.26. The molecule has 1 fully saturated rings. The first-order chi connectivity index (χ1) is 14.2. The van der Waals surface area contributed by atoms with Crippen molar-refractivity contribution >= 4 is 34.2 Å². The second-order valence-corrected chi connectivity index (χ2v) is 7.85. The number of carbonyl (C=O) groups excluding carboxylic acids is 1. The number of nitrogens with zero attached hydrogens (tertiary/aromatic N) is 3. The van der Waals surface area contributed by atoms with E-state index < -0.39 is 0 Å². The van der Waals surface area contributed by atoms with Crippen molar-refractivity contribution in [1.29, 1.82) is 0 Å². The number of carbonyl (C=O) groups is 1. The minimum Gasteiger partial charge on any atom is -0.323 e. The molecule has 1 aromatic heterocycles. The van der Waals surface area contributed by atoms with Gasteiger partial charge >= 0.3 is 0 Å². The van der Waals surface area contributed by atoms with Crippen LogP contribution >= 0.6 is 11.6 Å². The minimum atomic E-state index is 0.0394. The average molecular weight is 402 g/mol. The Morgan fingerprint density at radius 3 is 2.59 bits per heavy atom. The van der Waals surface area contributed by atoms with Crippen LogP contribution in [0.1, 0.15) is 23.7 Å². The number of anilines is 1. The minimum absolute atomic E-state index is 0.0394. The molecule has 5 heteroatoms. The summed E-state index contributed by atoms with van der Waals surface area (Å²) in [5.41, 5.74) is 4.12. The van der Waals surface area contributed by atoms with Crippen molar-refractivity contribution in [2.24, 2.45) is 0 Å². The van der Waals surface area contributed by atoms with E-state index in [-0.39, 0.29) is 11.8 Å². The molecule has 0 unspecified atom stereocenters. The van der Waals surface area contributed by atoms with Gasteiger partial charge in [0.25, 0.3) is 0 Å². The fraction of sp³-hybridized carbons (Fsp3) is 0.167. The highest BCUT2D eigenvalue weighted by Crippen LogP contribution is 2.34. The SMILES string of the molecule is O=C1C[C@H](c2nc3ccccc3n2Cc2ccccc2)CN1c1cccc(Cl)c1. The van der Waals surface area contributed by atoms with E-state index in [1.165, 1.54) is 5.56 Å². The van der Waals surface area contributed by atoms with Gasteiger partial charge in [0.15, 0.2) is 0 Å². The van der Waals surface area contributed by atoms with E-state index in [4.69, 9.17) is 16.6 Å². The van der Waals surface area contributed by atoms with Crippen LogP contribution in [0, 0.1) is 0 Å². The third-order valence-electron chi connectivity index (χ3n) is 5.48. The fourth-order valence-electron chi connectivity index (χ4n) is 4.11. The molecule has 0 bridgehead atoms. The number of hydrogen-bond acceptors (Lipinski definition) is 2. The molecule has 5 rings (SSSR count). The molecule has 1 saturated heterocycles. The first kappa shape index (κ1) is 18.0. The molecule has 0 saturated carbocycles. The summed E-state index contributed by atoms with van der Waals surface area (Å²) in [6.07, 6.45) is 0.449. The normalized spacial score (nSPS) is 16.7. The number of halogens is 1. The highest BCUT2D eigenvalue weighted by molar-refractivity contribution is 6.30. The summed E-state index contributed by atoms with van der Waals surface area (Å²) in [6.45, 7) is 1.34. The monoisotopic (exact) mass is 401 g/mol. The van der Waals surface area contributed by atoms with Gasteiger partial charge in [0, 0.05) is 36.1 Å². The summed E-state index contributed by atoms with van der Waals surface area (Å²) in [4.78, 5) is 19.6. The van der Waals surface area contributed by atoms with Gasteiger partial charge in [-0.2, -0.15) is 0 Å². The van der Waals surface area contributed by atoms with E-state index in [1.54, 1.807) is 0 Å². The van der Waals surface area contributed by atoms with Crippen LogP contribution in [0.3, 0.4) is 0 Å². The standard InChI is InChI=1S/C24H20ClN3O/c25-19-9-6-10-20(14-19)27-16-18(13-23(27)29)24-26-21-11-4-5-12-22(21)28(24)15-17-7-2-1-3-8-17/h1-12,14,18H,13,15-16H2/t18-/m0/s1. The quantitative estimate of drug-likeness (QED) is 0.468. The molecule has 0 aliphatic carbocycles. The van der Waals surface area contributed by atoms with Crippen LogP contribution < -0.4 is 4.90 Å². The molecule has 1 aliphatic heterocycles. The van der Waals surface area contributed by atoms with Crippen LogP contribution in [-0.2, 0) is 11.3 Å². The summed E-state index contributed by atoms with van der Waals surface area (Å²) in [7, 11) is 0. The van der Waals surface area contributed by atoms with Gasteiger partial charge in [-0.1, -0.05) is 60.1 Å². The van der Waals surface area contributed by atoms with E-state index in [1.807, 2.05) is 65.6 Å². The second kappa shape index (κ2) is 7.37. The van der Waals surface area contributed by atoms with E-state index >= 15 is 0 Å². The maximum absolute atomic E-state index is 12.8. The smallest absolute Gasteiger partial charge is 0.227 e. The Bertz CT molecular complexity index is 1190. The van der Waals surface area contributed by atoms with E-state index in [9.17, 15) is 4.79 Å². The number of hydrogen-bond donors (Lipinski definition) is 0. The van der Waals surface area contributed by atoms with Gasteiger partial charge in [-0.3, -0.25) is 4.79 Å². The van der Waals surface area contributed by atoms with Crippen molar-refractivity contribution < 1.29 is 4.79 Å². The molecular formula is C24H20ClN3O. The Hall–Kier alpha value is -3.11. The zero-order chi connectivity index (χ0) is 19.8. The Labute approximate surface area is 174 Å². The summed E-state index contributed by atoms with van der Waals surface area (Å²) in [6, 6.07) is 26.0. The number of aromatic nitrogens is 2. The number of rotatable bonds is 4. The van der Waals surface area contributed by atoms with Gasteiger partial charge < -0.3 is 9.47 Å². The molecule has 1 amide bonds. The predicted molar refractivity (Wildman–Crippen MR) is 116 cm³/mol. The molecule has 0 radical (unpaired) electrons. The molecule has 0 N–H and O–H groups in total. The Kier molecular flexibility index (Phi) is 4.57. The van der Waals surface area contributed by atoms with E-state index in [0.717, 1.165) is 29.1 Å². The Morgan fingerprint density at radius 2 is 1.76 bits per heavy atom. The van der Waals surface area contributed by atoms with Crippen molar-refractivity contribution in [1.82, 2.24) is 9.55 Å². The Morgan fingerprint density at radius 1 is 0.966 bits per heavy atom. The zero-order valence-corrected chi connectivity index (χ0v) is 16.6. The van der Waals surface area contributed by atoms with Gasteiger partial charge in [-0.05, 0) is 35.9 Å². The highest BCUT2D eigenvalue weighted by atomic mass is 35.5. The van der Waals surface area contributed by atoms with Gasteiger partial charge in [0.05, 0.1) is 11.0 Å². The third kappa shape index (κ3) is 3.40. The number of fused-ring (bicyclic) bond motifs is 1. The molecule has 29 heavy (non-hydrogen) atoms. The molecule has 1 atom stereocenters. The number of benzene rings is 3. The van der Waals surface area contributed by atoms with Crippen molar-refractivity contribution in [2.45, 2.75) is 18.9 Å². The highest BCUT2D eigenvalue weighted by Gasteiger charge is 2.34. The first-order valence-electron chi connectivity index (χ1n) is 9.74. The lowest BCUT2D eigenvalue weighted by molar-refractivity contribution is -0.117. The molecule has 4 nitrogen and oxygen atoms in total. The van der Waals surface area contributed by atoms with E-state index in [2.05, 4.69) is 22.8 Å². The van der Waals surface area contributed by atoms with E-state index in [0.29, 0.717) is 18.0 Å². The average Bonchev–Trinajstić information content (AvgIpc) is 3.30. The molecule has 2 heterocycles. The van der Waals surface area contributed by atoms with Gasteiger partial charge in [-0.15, -0.1) is 0 Å². The van der Waals surface area contributed by atoms with Crippen LogP contribution in [0.4, 0.5) is 5.69 Å². The van der Waals surface area contributed by atoms with Crippen molar-refractivity contribution in [3.8, 4) is 0 Å². The molecule has 0 spiro atoms. The third-order valence-corrected chi connectivity index (χ3v) is 5.71. The Balaban J connectivity index is 1.53. The summed E-state index contributed by atoms with van der Waals surface area (Å²) >= 11 is 6.14. The summed E-state index contributed by atoms with van der Waals surface area (Å²) < 4.78 is 2.25. The zero-order valence-electron chi connectivity index (χ0n) is 15.8. The molecule has 4 aromatic rings. The molecule has 144 valence electrons. The number of para-hydroxylation sites is 2. The van der Waals surface area contributed by atoms with Crippen LogP contribution in [0.25, 0.3) is 11.0 Å². The largest absolute Gasteiger partial charge is 0.323 e. The van der Waals surface area contributed by atoms with Gasteiger partial charge in [0.1, 0.15) is 5.82 Å². The summed E-state index contributed by atoms with van der Waals surface area (Å²) in [5.74, 6) is 1.11. The number of imidazole rings is 1. The van der Waals surface area contributed by atoms with Gasteiger partial charge in [0.2, 0.25) is 5.91 Å². The van der Waals surface area contributed by atoms with Crippen molar-refractivity contribution in [3.63, 3.8) is 0 Å². The summed E-state index contributed by atoms with van der Waals surface area (Å²) in [5, 5.41) is 0.634. The van der Waals surface area contributed by atoms with Crippen LogP contribution in [0.15, 0.2) is 78.9 Å². The topological polar surface area (TPSA) is 38.1 Å². The lowest BCUT2D eigenvalue weighted by Crippen LogP contribution is -2.24. The lowest BCUT2D eigenvalue weighted by Gasteiger charge is -2.18. The first-order valence-corrected chi connectivity index (χ1v) is 10.1. The lowest BCUT2D eigenvalue weighted by atomic mass is 10.1. The van der Waals surface area contributed by atoms with Crippen molar-refractivity contribution in [2.75, 3.05) is 11.4 Å². The van der Waals surface area contributed by atoms with Crippen LogP contribution in [0.5, 0.6) is 0 Å². The van der Waals surface area contributed by atoms with Crippen LogP contribution in [0.2, 0.25) is 5.02 Å².